The highest BCUT2D eigenvalue weighted by atomic mass is 16.5. The molecule has 70 valence electrons. The van der Waals surface area contributed by atoms with E-state index < -0.39 is 11.6 Å². The molecule has 3 nitrogen and oxygen atoms in total. The van der Waals surface area contributed by atoms with Crippen molar-refractivity contribution in [3.05, 3.63) is 35.9 Å². The summed E-state index contributed by atoms with van der Waals surface area (Å²) in [6.07, 6.45) is 0.0460. The molecule has 0 heterocycles. The van der Waals surface area contributed by atoms with Crippen LogP contribution in [-0.2, 0) is 11.2 Å². The fourth-order valence-corrected chi connectivity index (χ4v) is 0.949. The minimum Gasteiger partial charge on any atom is -0.360 e. The number of Topliss-reactive ketones (excluding diaryl/α,β-unsaturated/α-hetero) is 1. The maximum atomic E-state index is 11.1. The van der Waals surface area contributed by atoms with Crippen LogP contribution in [0.4, 0.5) is 0 Å². The van der Waals surface area contributed by atoms with Crippen molar-refractivity contribution in [3.63, 3.8) is 0 Å². The van der Waals surface area contributed by atoms with Crippen LogP contribution < -0.4 is 0 Å². The summed E-state index contributed by atoms with van der Waals surface area (Å²) < 4.78 is 0. The molecule has 1 aromatic rings. The minimum atomic E-state index is -2.23. The molecule has 0 spiro atoms. The Balaban J connectivity index is 2.66. The van der Waals surface area contributed by atoms with Crippen LogP contribution in [0.2, 0.25) is 0 Å². The molecule has 0 aromatic heterocycles. The number of benzene rings is 1. The van der Waals surface area contributed by atoms with Gasteiger partial charge in [0.25, 0.3) is 0 Å². The number of carbonyl (C=O) groups is 1. The van der Waals surface area contributed by atoms with Gasteiger partial charge in [-0.3, -0.25) is 4.79 Å². The summed E-state index contributed by atoms with van der Waals surface area (Å²) in [5.74, 6) is -2.82. The molecule has 13 heavy (non-hydrogen) atoms. The molecule has 0 radical (unpaired) electrons. The molecule has 0 atom stereocenters. The van der Waals surface area contributed by atoms with Gasteiger partial charge < -0.3 is 10.2 Å². The van der Waals surface area contributed by atoms with Crippen molar-refractivity contribution < 1.29 is 15.0 Å². The lowest BCUT2D eigenvalue weighted by Gasteiger charge is -2.13. The second-order valence-electron chi connectivity index (χ2n) is 3.11. The van der Waals surface area contributed by atoms with Gasteiger partial charge in [0.2, 0.25) is 5.79 Å². The molecular weight excluding hydrogens is 168 g/mol. The Labute approximate surface area is 76.6 Å². The summed E-state index contributed by atoms with van der Waals surface area (Å²) in [5.41, 5.74) is 0.779. The highest BCUT2D eigenvalue weighted by Gasteiger charge is 2.25. The molecule has 0 unspecified atom stereocenters. The summed E-state index contributed by atoms with van der Waals surface area (Å²) in [4.78, 5) is 11.1. The fraction of sp³-hybridized carbons (Fsp3) is 0.300. The van der Waals surface area contributed by atoms with E-state index in [1.165, 1.54) is 0 Å². The first kappa shape index (κ1) is 9.89. The van der Waals surface area contributed by atoms with E-state index in [-0.39, 0.29) is 6.42 Å². The second kappa shape index (κ2) is 3.68. The molecular formula is C10H12O3. The van der Waals surface area contributed by atoms with Crippen LogP contribution in [0.5, 0.6) is 0 Å². The fourth-order valence-electron chi connectivity index (χ4n) is 0.949. The maximum Gasteiger partial charge on any atom is 0.221 e. The molecule has 0 saturated heterocycles. The van der Waals surface area contributed by atoms with E-state index in [2.05, 4.69) is 0 Å². The Bertz CT molecular complexity index is 285. The average Bonchev–Trinajstić information content (AvgIpc) is 2.04. The molecule has 0 saturated carbocycles. The third-order valence-electron chi connectivity index (χ3n) is 1.74. The van der Waals surface area contributed by atoms with E-state index in [1.807, 2.05) is 6.07 Å². The Kier molecular flexibility index (Phi) is 2.80. The Morgan fingerprint density at radius 1 is 1.31 bits per heavy atom. The van der Waals surface area contributed by atoms with Gasteiger partial charge in [-0.1, -0.05) is 30.3 Å². The number of ketones is 1. The monoisotopic (exact) mass is 180 g/mol. The Morgan fingerprint density at radius 3 is 2.31 bits per heavy atom. The summed E-state index contributed by atoms with van der Waals surface area (Å²) in [5, 5.41) is 17.9. The van der Waals surface area contributed by atoms with E-state index in [1.54, 1.807) is 24.3 Å². The predicted molar refractivity (Wildman–Crippen MR) is 48.0 cm³/mol. The van der Waals surface area contributed by atoms with Gasteiger partial charge in [0.1, 0.15) is 0 Å². The lowest BCUT2D eigenvalue weighted by Crippen LogP contribution is -2.35. The van der Waals surface area contributed by atoms with Crippen molar-refractivity contribution in [2.45, 2.75) is 19.1 Å². The van der Waals surface area contributed by atoms with Gasteiger partial charge in [0.05, 0.1) is 0 Å². The smallest absolute Gasteiger partial charge is 0.221 e. The minimum absolute atomic E-state index is 0.0460. The van der Waals surface area contributed by atoms with Gasteiger partial charge in [-0.2, -0.15) is 0 Å². The van der Waals surface area contributed by atoms with E-state index in [0.29, 0.717) is 0 Å². The molecule has 0 aliphatic heterocycles. The molecule has 0 aliphatic rings. The molecule has 2 N–H and O–H groups in total. The van der Waals surface area contributed by atoms with Gasteiger partial charge >= 0.3 is 0 Å². The predicted octanol–water partition coefficient (Wildman–Crippen LogP) is 0.499. The van der Waals surface area contributed by atoms with Crippen molar-refractivity contribution in [1.82, 2.24) is 0 Å². The molecule has 0 amide bonds. The normalized spacial score (nSPS) is 11.3. The zero-order valence-corrected chi connectivity index (χ0v) is 7.40. The highest BCUT2D eigenvalue weighted by Crippen LogP contribution is 2.06. The van der Waals surface area contributed by atoms with E-state index in [0.717, 1.165) is 12.5 Å². The number of aliphatic hydroxyl groups is 2. The molecule has 0 bridgehead atoms. The summed E-state index contributed by atoms with van der Waals surface area (Å²) in [7, 11) is 0. The van der Waals surface area contributed by atoms with Crippen molar-refractivity contribution in [3.8, 4) is 0 Å². The van der Waals surface area contributed by atoms with E-state index in [4.69, 9.17) is 10.2 Å². The van der Waals surface area contributed by atoms with Crippen molar-refractivity contribution >= 4 is 5.78 Å². The van der Waals surface area contributed by atoms with Crippen LogP contribution in [0.15, 0.2) is 30.3 Å². The van der Waals surface area contributed by atoms with Crippen LogP contribution in [-0.4, -0.2) is 21.8 Å². The number of carbonyl (C=O) groups excluding carboxylic acids is 1. The van der Waals surface area contributed by atoms with Gasteiger partial charge in [0.15, 0.2) is 5.78 Å². The highest BCUT2D eigenvalue weighted by molar-refractivity contribution is 5.86. The maximum absolute atomic E-state index is 11.1. The quantitative estimate of drug-likeness (QED) is 0.666. The Morgan fingerprint density at radius 2 is 1.85 bits per heavy atom. The van der Waals surface area contributed by atoms with Crippen LogP contribution >= 0.6 is 0 Å². The van der Waals surface area contributed by atoms with Gasteiger partial charge in [0, 0.05) is 6.42 Å². The van der Waals surface area contributed by atoms with Crippen LogP contribution in [0.25, 0.3) is 0 Å². The first-order valence-corrected chi connectivity index (χ1v) is 4.02. The standard InChI is InChI=1S/C10H12O3/c1-10(12,13)9(11)7-8-5-3-2-4-6-8/h2-6,12-13H,7H2,1H3. The zero-order valence-electron chi connectivity index (χ0n) is 7.40. The van der Waals surface area contributed by atoms with Crippen molar-refractivity contribution in [1.29, 1.82) is 0 Å². The second-order valence-corrected chi connectivity index (χ2v) is 3.11. The van der Waals surface area contributed by atoms with Crippen LogP contribution in [0, 0.1) is 0 Å². The van der Waals surface area contributed by atoms with Crippen molar-refractivity contribution in [2.24, 2.45) is 0 Å². The van der Waals surface area contributed by atoms with Crippen molar-refractivity contribution in [2.75, 3.05) is 0 Å². The lowest BCUT2D eigenvalue weighted by molar-refractivity contribution is -0.174. The molecule has 1 rings (SSSR count). The van der Waals surface area contributed by atoms with Crippen LogP contribution in [0.3, 0.4) is 0 Å². The SMILES string of the molecule is CC(O)(O)C(=O)Cc1ccccc1. The topological polar surface area (TPSA) is 57.5 Å². The molecule has 1 aromatic carbocycles. The third kappa shape index (κ3) is 2.97. The summed E-state index contributed by atoms with van der Waals surface area (Å²) in [6, 6.07) is 8.97. The lowest BCUT2D eigenvalue weighted by atomic mass is 10.0. The van der Waals surface area contributed by atoms with Gasteiger partial charge in [-0.15, -0.1) is 0 Å². The first-order chi connectivity index (χ1) is 6.00. The van der Waals surface area contributed by atoms with E-state index >= 15 is 0 Å². The summed E-state index contributed by atoms with van der Waals surface area (Å²) in [6.45, 7) is 1.07. The third-order valence-corrected chi connectivity index (χ3v) is 1.74. The number of hydrogen-bond donors (Lipinski definition) is 2. The summed E-state index contributed by atoms with van der Waals surface area (Å²) >= 11 is 0. The number of hydrogen-bond acceptors (Lipinski definition) is 3. The largest absolute Gasteiger partial charge is 0.360 e. The van der Waals surface area contributed by atoms with Gasteiger partial charge in [-0.25, -0.2) is 0 Å². The molecule has 0 aliphatic carbocycles. The first-order valence-electron chi connectivity index (χ1n) is 4.02. The molecule has 3 heteroatoms. The Hall–Kier alpha value is -1.19. The van der Waals surface area contributed by atoms with E-state index in [9.17, 15) is 4.79 Å². The average molecular weight is 180 g/mol. The number of rotatable bonds is 3. The molecule has 0 fully saturated rings. The van der Waals surface area contributed by atoms with Gasteiger partial charge in [-0.05, 0) is 12.5 Å². The van der Waals surface area contributed by atoms with Crippen LogP contribution in [0.1, 0.15) is 12.5 Å². The zero-order chi connectivity index (χ0) is 9.90.